The van der Waals surface area contributed by atoms with E-state index in [1.54, 1.807) is 41.2 Å². The molecule has 0 aliphatic carbocycles. The van der Waals surface area contributed by atoms with E-state index in [0.29, 0.717) is 25.4 Å². The van der Waals surface area contributed by atoms with Gasteiger partial charge in [-0.1, -0.05) is 0 Å². The summed E-state index contributed by atoms with van der Waals surface area (Å²) in [6.45, 7) is 5.43. The van der Waals surface area contributed by atoms with Crippen LogP contribution in [0.4, 0.5) is 0 Å². The lowest BCUT2D eigenvalue weighted by Gasteiger charge is -2.38. The molecule has 0 aromatic carbocycles. The Kier molecular flexibility index (Phi) is 4.55. The lowest BCUT2D eigenvalue weighted by molar-refractivity contribution is -0.151. The molecule has 20 heavy (non-hydrogen) atoms. The molecule has 1 unspecified atom stereocenters. The van der Waals surface area contributed by atoms with Crippen LogP contribution in [0.15, 0.2) is 24.5 Å². The first-order chi connectivity index (χ1) is 9.63. The number of likely N-dealkylation sites (N-methyl/N-ethyl adjacent to an activating group) is 1. The predicted molar refractivity (Wildman–Crippen MR) is 73.2 cm³/mol. The molecule has 108 valence electrons. The van der Waals surface area contributed by atoms with Crippen LogP contribution in [0.1, 0.15) is 13.8 Å². The molecule has 0 bridgehead atoms. The van der Waals surface area contributed by atoms with Gasteiger partial charge in [0.15, 0.2) is 6.61 Å². The van der Waals surface area contributed by atoms with Gasteiger partial charge < -0.3 is 14.5 Å². The van der Waals surface area contributed by atoms with E-state index < -0.39 is 6.04 Å². The minimum Gasteiger partial charge on any atom is -0.482 e. The highest BCUT2D eigenvalue weighted by molar-refractivity contribution is 5.89. The summed E-state index contributed by atoms with van der Waals surface area (Å²) in [6.07, 6.45) is 3.19. The van der Waals surface area contributed by atoms with Crippen molar-refractivity contribution in [1.82, 2.24) is 14.8 Å². The number of nitrogens with zero attached hydrogens (tertiary/aromatic N) is 3. The van der Waals surface area contributed by atoms with E-state index in [1.165, 1.54) is 0 Å². The summed E-state index contributed by atoms with van der Waals surface area (Å²) in [5.41, 5.74) is 0. The molecule has 1 atom stereocenters. The van der Waals surface area contributed by atoms with Crippen LogP contribution in [-0.4, -0.2) is 58.9 Å². The summed E-state index contributed by atoms with van der Waals surface area (Å²) in [4.78, 5) is 31.4. The van der Waals surface area contributed by atoms with Crippen molar-refractivity contribution >= 4 is 11.8 Å². The highest BCUT2D eigenvalue weighted by Crippen LogP contribution is 2.12. The first kappa shape index (κ1) is 14.3. The van der Waals surface area contributed by atoms with E-state index in [2.05, 4.69) is 4.98 Å². The first-order valence-corrected chi connectivity index (χ1v) is 6.74. The standard InChI is InChI=1S/C14H19N3O3/c1-3-16-7-8-17(11(2)14(16)19)13(18)10-20-12-5-4-6-15-9-12/h4-6,9,11H,3,7-8,10H2,1-2H3. The number of carbonyl (C=O) groups excluding carboxylic acids is 2. The smallest absolute Gasteiger partial charge is 0.261 e. The van der Waals surface area contributed by atoms with Gasteiger partial charge in [-0.15, -0.1) is 0 Å². The van der Waals surface area contributed by atoms with E-state index in [4.69, 9.17) is 4.74 Å². The van der Waals surface area contributed by atoms with E-state index >= 15 is 0 Å². The van der Waals surface area contributed by atoms with Crippen molar-refractivity contribution in [2.45, 2.75) is 19.9 Å². The molecule has 2 rings (SSSR count). The number of pyridine rings is 1. The Morgan fingerprint density at radius 1 is 1.50 bits per heavy atom. The van der Waals surface area contributed by atoms with Crippen molar-refractivity contribution in [3.05, 3.63) is 24.5 Å². The zero-order chi connectivity index (χ0) is 14.5. The van der Waals surface area contributed by atoms with Gasteiger partial charge in [-0.25, -0.2) is 0 Å². The van der Waals surface area contributed by atoms with Crippen molar-refractivity contribution in [2.24, 2.45) is 0 Å². The molecule has 2 heterocycles. The van der Waals surface area contributed by atoms with Gasteiger partial charge in [0.25, 0.3) is 5.91 Å². The molecule has 1 aliphatic rings. The topological polar surface area (TPSA) is 62.7 Å². The second-order valence-corrected chi connectivity index (χ2v) is 4.66. The van der Waals surface area contributed by atoms with Crippen LogP contribution < -0.4 is 4.74 Å². The SMILES string of the molecule is CCN1CCN(C(=O)COc2cccnc2)C(C)C1=O. The van der Waals surface area contributed by atoms with Crippen molar-refractivity contribution in [2.75, 3.05) is 26.2 Å². The van der Waals surface area contributed by atoms with Crippen LogP contribution in [-0.2, 0) is 9.59 Å². The van der Waals surface area contributed by atoms with E-state index in [9.17, 15) is 9.59 Å². The normalized spacial score (nSPS) is 19.1. The van der Waals surface area contributed by atoms with Gasteiger partial charge in [0.05, 0.1) is 6.20 Å². The molecule has 0 radical (unpaired) electrons. The molecule has 6 heteroatoms. The quantitative estimate of drug-likeness (QED) is 0.806. The Morgan fingerprint density at radius 2 is 2.30 bits per heavy atom. The third-order valence-electron chi connectivity index (χ3n) is 3.45. The third-order valence-corrected chi connectivity index (χ3v) is 3.45. The maximum Gasteiger partial charge on any atom is 0.261 e. The molecule has 0 saturated carbocycles. The van der Waals surface area contributed by atoms with Gasteiger partial charge in [-0.2, -0.15) is 0 Å². The van der Waals surface area contributed by atoms with Gasteiger partial charge in [-0.05, 0) is 26.0 Å². The van der Waals surface area contributed by atoms with Gasteiger partial charge in [-0.3, -0.25) is 14.6 Å². The summed E-state index contributed by atoms with van der Waals surface area (Å²) in [7, 11) is 0. The number of rotatable bonds is 4. The molecule has 1 aromatic rings. The number of ether oxygens (including phenoxy) is 1. The number of piperazine rings is 1. The second kappa shape index (κ2) is 6.36. The van der Waals surface area contributed by atoms with Crippen molar-refractivity contribution in [3.63, 3.8) is 0 Å². The zero-order valence-corrected chi connectivity index (χ0v) is 11.8. The summed E-state index contributed by atoms with van der Waals surface area (Å²) in [5.74, 6) is 0.367. The molecule has 1 fully saturated rings. The lowest BCUT2D eigenvalue weighted by Crippen LogP contribution is -2.58. The third kappa shape index (κ3) is 3.07. The number of hydrogen-bond donors (Lipinski definition) is 0. The van der Waals surface area contributed by atoms with E-state index in [1.807, 2.05) is 6.92 Å². The maximum atomic E-state index is 12.1. The van der Waals surface area contributed by atoms with Gasteiger partial charge >= 0.3 is 0 Å². The highest BCUT2D eigenvalue weighted by atomic mass is 16.5. The molecule has 2 amide bonds. The fourth-order valence-electron chi connectivity index (χ4n) is 2.24. The van der Waals surface area contributed by atoms with Crippen LogP contribution in [0.25, 0.3) is 0 Å². The summed E-state index contributed by atoms with van der Waals surface area (Å²) < 4.78 is 5.38. The maximum absolute atomic E-state index is 12.1. The highest BCUT2D eigenvalue weighted by Gasteiger charge is 2.33. The molecule has 1 aromatic heterocycles. The molecule has 1 aliphatic heterocycles. The number of hydrogen-bond acceptors (Lipinski definition) is 4. The Morgan fingerprint density at radius 3 is 2.95 bits per heavy atom. The summed E-state index contributed by atoms with van der Waals surface area (Å²) >= 11 is 0. The minimum absolute atomic E-state index is 0.00604. The lowest BCUT2D eigenvalue weighted by atomic mass is 10.1. The van der Waals surface area contributed by atoms with Gasteiger partial charge in [0, 0.05) is 25.8 Å². The number of amides is 2. The summed E-state index contributed by atoms with van der Waals surface area (Å²) in [6, 6.07) is 3.06. The van der Waals surface area contributed by atoms with Crippen molar-refractivity contribution in [3.8, 4) is 5.75 Å². The van der Waals surface area contributed by atoms with Gasteiger partial charge in [0.1, 0.15) is 11.8 Å². The van der Waals surface area contributed by atoms with E-state index in [0.717, 1.165) is 0 Å². The zero-order valence-electron chi connectivity index (χ0n) is 11.8. The van der Waals surface area contributed by atoms with Gasteiger partial charge in [0.2, 0.25) is 5.91 Å². The average molecular weight is 277 g/mol. The predicted octanol–water partition coefficient (Wildman–Crippen LogP) is 0.540. The Labute approximate surface area is 118 Å². The molecule has 6 nitrogen and oxygen atoms in total. The monoisotopic (exact) mass is 277 g/mol. The molecular weight excluding hydrogens is 258 g/mol. The number of carbonyl (C=O) groups is 2. The van der Waals surface area contributed by atoms with Crippen LogP contribution in [0.3, 0.4) is 0 Å². The molecule has 0 N–H and O–H groups in total. The van der Waals surface area contributed by atoms with Crippen LogP contribution in [0.5, 0.6) is 5.75 Å². The second-order valence-electron chi connectivity index (χ2n) is 4.66. The summed E-state index contributed by atoms with van der Waals surface area (Å²) in [5, 5.41) is 0. The van der Waals surface area contributed by atoms with Crippen LogP contribution in [0, 0.1) is 0 Å². The van der Waals surface area contributed by atoms with Crippen molar-refractivity contribution < 1.29 is 14.3 Å². The fraction of sp³-hybridized carbons (Fsp3) is 0.500. The average Bonchev–Trinajstić information content (AvgIpc) is 2.48. The fourth-order valence-corrected chi connectivity index (χ4v) is 2.24. The van der Waals surface area contributed by atoms with Crippen LogP contribution >= 0.6 is 0 Å². The minimum atomic E-state index is -0.423. The Hall–Kier alpha value is -2.11. The molecule has 1 saturated heterocycles. The number of aromatic nitrogens is 1. The first-order valence-electron chi connectivity index (χ1n) is 6.74. The van der Waals surface area contributed by atoms with E-state index in [-0.39, 0.29) is 18.4 Å². The molecular formula is C14H19N3O3. The Balaban J connectivity index is 1.91. The molecule has 0 spiro atoms. The van der Waals surface area contributed by atoms with Crippen LogP contribution in [0.2, 0.25) is 0 Å². The van der Waals surface area contributed by atoms with Crippen molar-refractivity contribution in [1.29, 1.82) is 0 Å². The largest absolute Gasteiger partial charge is 0.482 e. The Bertz CT molecular complexity index is 478.